The zero-order valence-electron chi connectivity index (χ0n) is 25.9. The number of hydrogen-bond donors (Lipinski definition) is 0. The number of fused-ring (bicyclic) bond motifs is 1. The molecule has 0 heterocycles. The van der Waals surface area contributed by atoms with Crippen molar-refractivity contribution in [1.82, 2.24) is 0 Å². The average molecular weight is 1120 g/mol. The van der Waals surface area contributed by atoms with Crippen LogP contribution < -0.4 is 0 Å². The molecule has 1 aliphatic carbocycles. The van der Waals surface area contributed by atoms with E-state index in [2.05, 4.69) is 176 Å². The van der Waals surface area contributed by atoms with Crippen molar-refractivity contribution < 1.29 is 0 Å². The van der Waals surface area contributed by atoms with E-state index in [1.165, 1.54) is 18.2 Å². The summed E-state index contributed by atoms with van der Waals surface area (Å²) in [5.41, 5.74) is 3.91. The Labute approximate surface area is 327 Å². The fourth-order valence-electron chi connectivity index (χ4n) is 4.57. The Balaban J connectivity index is 0.000000502. The minimum absolute atomic E-state index is 0.00447. The summed E-state index contributed by atoms with van der Waals surface area (Å²) in [5.74, 6) is 0. The zero-order valence-corrected chi connectivity index (χ0v) is 54.4. The molecule has 1 nitrogen and oxygen atoms in total. The van der Waals surface area contributed by atoms with Gasteiger partial charge in [-0.3, -0.25) is 0 Å². The van der Waals surface area contributed by atoms with Gasteiger partial charge in [0.05, 0.1) is 11.6 Å². The lowest BCUT2D eigenvalue weighted by atomic mass is 9.59. The summed E-state index contributed by atoms with van der Waals surface area (Å²) in [7, 11) is 44.2. The van der Waals surface area contributed by atoms with Gasteiger partial charge in [0.2, 0.25) is 0 Å². The molecule has 0 amide bonds. The molecule has 2 rings (SSSR count). The average Bonchev–Trinajstić information content (AvgIpc) is 3.01. The van der Waals surface area contributed by atoms with Crippen molar-refractivity contribution in [2.24, 2.45) is 5.41 Å². The summed E-state index contributed by atoms with van der Waals surface area (Å²) in [6.07, 6.45) is 0. The molecule has 1 aromatic carbocycles. The van der Waals surface area contributed by atoms with Gasteiger partial charge in [0.1, 0.15) is 0 Å². The molecule has 0 N–H and O–H groups in total. The molecule has 0 fully saturated rings. The quantitative estimate of drug-likeness (QED) is 0.184. The van der Waals surface area contributed by atoms with Crippen molar-refractivity contribution in [2.75, 3.05) is 0 Å². The second-order valence-electron chi connectivity index (χ2n) is 10.9. The van der Waals surface area contributed by atoms with Gasteiger partial charge in [-0.15, -0.1) is 116 Å². The Morgan fingerprint density at radius 1 is 0.644 bits per heavy atom. The predicted molar refractivity (Wildman–Crippen MR) is 303 cm³/mol. The molecular weight excluding hydrogens is 1070 g/mol. The third-order valence-electron chi connectivity index (χ3n) is 7.87. The van der Waals surface area contributed by atoms with Crippen LogP contribution >= 0.6 is 215 Å². The van der Waals surface area contributed by atoms with Crippen molar-refractivity contribution in [1.29, 1.82) is 5.26 Å². The molecule has 1 aliphatic rings. The zero-order chi connectivity index (χ0) is 35.4. The standard InChI is InChI=1S/C16H21N.H27P27S/c1-14(2)12-8-7-11(10-17)9-13(12)15(3,4)16(14,5)6;1-14-22(16(2)3)26(21(12)13)23(15-28)27(24(17(4)5)18(6)7)25(19(8)9)20(10)11/h7-9H,1-6H3;14H,1-13H2. The Morgan fingerprint density at radius 3 is 1.36 bits per heavy atom. The number of nitriles is 1. The first-order valence-electron chi connectivity index (χ1n) is 12.4. The normalized spacial score (nSPS) is 19.4. The van der Waals surface area contributed by atoms with Crippen LogP contribution in [0.25, 0.3) is 0 Å². The predicted octanol–water partition coefficient (Wildman–Crippen LogP) is 20.2. The maximum Gasteiger partial charge on any atom is 0.0991 e. The highest BCUT2D eigenvalue weighted by molar-refractivity contribution is 9.40. The minimum atomic E-state index is -0.0794. The van der Waals surface area contributed by atoms with Crippen LogP contribution in [0.5, 0.6) is 0 Å². The van der Waals surface area contributed by atoms with E-state index in [1.807, 2.05) is 6.07 Å². The van der Waals surface area contributed by atoms with Crippen LogP contribution in [0.1, 0.15) is 58.2 Å². The summed E-state index contributed by atoms with van der Waals surface area (Å²) in [5, 5.41) is 9.05. The topological polar surface area (TPSA) is 23.8 Å². The van der Waals surface area contributed by atoms with Gasteiger partial charge >= 0.3 is 0 Å². The molecule has 0 spiro atoms. The lowest BCUT2D eigenvalue weighted by molar-refractivity contribution is 0.125. The van der Waals surface area contributed by atoms with Crippen LogP contribution in [-0.4, -0.2) is 0 Å². The molecule has 0 bridgehead atoms. The lowest BCUT2D eigenvalue weighted by Crippen LogP contribution is -2.42. The van der Waals surface area contributed by atoms with E-state index in [0.29, 0.717) is 0 Å². The first-order chi connectivity index (χ1) is 20.5. The van der Waals surface area contributed by atoms with Gasteiger partial charge in [-0.05, 0) is 102 Å². The molecule has 258 valence electrons. The van der Waals surface area contributed by atoms with E-state index in [-0.39, 0.29) is 100 Å². The van der Waals surface area contributed by atoms with Crippen LogP contribution in [0.3, 0.4) is 0 Å². The molecular formula is C16H48NP27S. The van der Waals surface area contributed by atoms with Gasteiger partial charge in [0.15, 0.2) is 0 Å². The Hall–Kier alpha value is 10.4. The van der Waals surface area contributed by atoms with Gasteiger partial charge < -0.3 is 0 Å². The van der Waals surface area contributed by atoms with E-state index in [1.54, 1.807) is 0 Å². The minimum Gasteiger partial charge on any atom is -0.192 e. The van der Waals surface area contributed by atoms with E-state index in [4.69, 9.17) is 17.1 Å². The number of benzene rings is 1. The Kier molecular flexibility index (Phi) is 29.2. The monoisotopic (exact) mass is 1120 g/mol. The highest BCUT2D eigenvalue weighted by Crippen LogP contribution is 3.34. The first-order valence-corrected chi connectivity index (χ1v) is 62.0. The second kappa shape index (κ2) is 24.6. The Bertz CT molecular complexity index is 1110. The van der Waals surface area contributed by atoms with Crippen LogP contribution in [0.4, 0.5) is 0 Å². The van der Waals surface area contributed by atoms with Crippen LogP contribution in [0.15, 0.2) is 18.2 Å². The van der Waals surface area contributed by atoms with E-state index < -0.39 is 0 Å². The molecule has 0 aromatic heterocycles. The molecule has 0 saturated heterocycles. The third-order valence-corrected chi connectivity index (χ3v) is 188. The molecule has 45 heavy (non-hydrogen) atoms. The SMILES string of the molecule is CC1(C)c2ccc(C#N)cc2C(C)(C)C1(C)C.PPP(P(P)P)P(P(P)P)P(P=S)P(P(P(P)P)P(P)P)P(P(P)P)P(P)P. The number of nitrogens with zero attached hydrogens (tertiary/aromatic N) is 1. The molecule has 17 unspecified atom stereocenters. The third kappa shape index (κ3) is 14.0. The number of hydrogen-bond acceptors (Lipinski definition) is 2. The second-order valence-corrected chi connectivity index (χ2v) is 118. The molecule has 1 aromatic rings. The molecule has 0 saturated carbocycles. The van der Waals surface area contributed by atoms with Crippen LogP contribution in [0.2, 0.25) is 0 Å². The summed E-state index contributed by atoms with van der Waals surface area (Å²) in [6.45, 7) is 13.6. The van der Waals surface area contributed by atoms with Crippen molar-refractivity contribution in [3.05, 3.63) is 34.9 Å². The summed E-state index contributed by atoms with van der Waals surface area (Å²) in [6, 6.07) is 8.41. The van der Waals surface area contributed by atoms with Gasteiger partial charge in [0.25, 0.3) is 0 Å². The molecule has 0 aliphatic heterocycles. The van der Waals surface area contributed by atoms with E-state index >= 15 is 0 Å². The largest absolute Gasteiger partial charge is 0.192 e. The van der Waals surface area contributed by atoms with Crippen LogP contribution in [-0.2, 0) is 22.6 Å². The van der Waals surface area contributed by atoms with Gasteiger partial charge in [0, 0.05) is 28.0 Å². The van der Waals surface area contributed by atoms with Crippen molar-refractivity contribution in [3.63, 3.8) is 0 Å². The van der Waals surface area contributed by atoms with Crippen molar-refractivity contribution >= 4 is 227 Å². The van der Waals surface area contributed by atoms with Gasteiger partial charge in [-0.1, -0.05) is 67.4 Å². The smallest absolute Gasteiger partial charge is 0.0991 e. The van der Waals surface area contributed by atoms with Gasteiger partial charge in [-0.25, -0.2) is 0 Å². The summed E-state index contributed by atoms with van der Waals surface area (Å²) >= 11 is 6.00. The molecule has 17 atom stereocenters. The summed E-state index contributed by atoms with van der Waals surface area (Å²) in [4.78, 5) is 0. The lowest BCUT2D eigenvalue weighted by Gasteiger charge is -2.48. The highest BCUT2D eigenvalue weighted by atomic mass is 33.5. The fraction of sp³-hybridized carbons (Fsp3) is 0.562. The first kappa shape index (κ1) is 53.4. The van der Waals surface area contributed by atoms with Crippen molar-refractivity contribution in [2.45, 2.75) is 52.4 Å². The Morgan fingerprint density at radius 2 is 1.04 bits per heavy atom. The molecule has 0 radical (unpaired) electrons. The van der Waals surface area contributed by atoms with E-state index in [0.717, 1.165) is 13.5 Å². The summed E-state index contributed by atoms with van der Waals surface area (Å²) < 4.78 is 0. The van der Waals surface area contributed by atoms with Crippen LogP contribution in [0, 0.1) is 16.7 Å². The van der Waals surface area contributed by atoms with Crippen molar-refractivity contribution in [3.8, 4) is 6.07 Å². The maximum absolute atomic E-state index is 9.05. The fourth-order valence-corrected chi connectivity index (χ4v) is 352. The number of rotatable bonds is 13. The highest BCUT2D eigenvalue weighted by Gasteiger charge is 2.56. The van der Waals surface area contributed by atoms with E-state index in [9.17, 15) is 0 Å². The molecule has 29 heteroatoms. The van der Waals surface area contributed by atoms with Gasteiger partial charge in [-0.2, -0.15) is 5.26 Å². The maximum atomic E-state index is 9.05.